The Morgan fingerprint density at radius 3 is 2.59 bits per heavy atom. The molecule has 0 spiro atoms. The lowest BCUT2D eigenvalue weighted by Crippen LogP contribution is -2.28. The zero-order chi connectivity index (χ0) is 20.4. The molecule has 0 aliphatic carbocycles. The van der Waals surface area contributed by atoms with E-state index in [1.165, 1.54) is 0 Å². The fourth-order valence-corrected chi connectivity index (χ4v) is 3.51. The molecule has 7 heteroatoms. The highest BCUT2D eigenvalue weighted by Gasteiger charge is 2.35. The van der Waals surface area contributed by atoms with Crippen LogP contribution in [0, 0.1) is 5.92 Å². The summed E-state index contributed by atoms with van der Waals surface area (Å²) in [6.07, 6.45) is 1.84. The molecule has 4 rings (SSSR count). The highest BCUT2D eigenvalue weighted by Crippen LogP contribution is 2.30. The molecule has 2 heterocycles. The molecular weight excluding hydrogens is 370 g/mol. The number of ether oxygens (including phenoxy) is 2. The lowest BCUT2D eigenvalue weighted by molar-refractivity contribution is -0.122. The van der Waals surface area contributed by atoms with Crippen LogP contribution in [0.1, 0.15) is 6.42 Å². The SMILES string of the molecule is COc1ccc(N2CC(C(=O)Nc3cc(OC)cc4cccnc34)CC2=O)cc1. The number of pyridine rings is 1. The van der Waals surface area contributed by atoms with Crippen LogP contribution < -0.4 is 19.7 Å². The maximum Gasteiger partial charge on any atom is 0.229 e. The number of carbonyl (C=O) groups is 2. The number of rotatable bonds is 5. The average Bonchev–Trinajstić information content (AvgIpc) is 3.15. The number of carbonyl (C=O) groups excluding carboxylic acids is 2. The summed E-state index contributed by atoms with van der Waals surface area (Å²) in [5.41, 5.74) is 2.00. The summed E-state index contributed by atoms with van der Waals surface area (Å²) in [4.78, 5) is 31.4. The van der Waals surface area contributed by atoms with Crippen molar-refractivity contribution >= 4 is 34.1 Å². The van der Waals surface area contributed by atoms with E-state index in [4.69, 9.17) is 9.47 Å². The van der Waals surface area contributed by atoms with E-state index in [2.05, 4.69) is 10.3 Å². The molecule has 29 heavy (non-hydrogen) atoms. The Bertz CT molecular complexity index is 1070. The average molecular weight is 391 g/mol. The van der Waals surface area contributed by atoms with Crippen LogP contribution in [-0.2, 0) is 9.59 Å². The van der Waals surface area contributed by atoms with Gasteiger partial charge >= 0.3 is 0 Å². The summed E-state index contributed by atoms with van der Waals surface area (Å²) >= 11 is 0. The standard InChI is InChI=1S/C22H21N3O4/c1-28-17-7-5-16(6-8-17)25-13-15(11-20(25)26)22(27)24-19-12-18(29-2)10-14-4-3-9-23-21(14)19/h3-10,12,15H,11,13H2,1-2H3,(H,24,27). The highest BCUT2D eigenvalue weighted by molar-refractivity contribution is 6.06. The number of hydrogen-bond donors (Lipinski definition) is 1. The molecule has 0 bridgehead atoms. The molecule has 1 aliphatic rings. The van der Waals surface area contributed by atoms with Gasteiger partial charge in [0.05, 0.1) is 31.3 Å². The predicted octanol–water partition coefficient (Wildman–Crippen LogP) is 3.24. The molecule has 3 aromatic rings. The Balaban J connectivity index is 1.53. The van der Waals surface area contributed by atoms with E-state index in [1.807, 2.05) is 30.3 Å². The molecule has 1 aliphatic heterocycles. The van der Waals surface area contributed by atoms with Crippen molar-refractivity contribution in [3.63, 3.8) is 0 Å². The van der Waals surface area contributed by atoms with E-state index >= 15 is 0 Å². The Kier molecular flexibility index (Phi) is 5.03. The molecule has 1 unspecified atom stereocenters. The fraction of sp³-hybridized carbons (Fsp3) is 0.227. The third-order valence-corrected chi connectivity index (χ3v) is 5.05. The number of nitrogens with one attached hydrogen (secondary N) is 1. The zero-order valence-electron chi connectivity index (χ0n) is 16.2. The monoisotopic (exact) mass is 391 g/mol. The molecule has 0 saturated carbocycles. The summed E-state index contributed by atoms with van der Waals surface area (Å²) in [7, 11) is 3.17. The van der Waals surface area contributed by atoms with Crippen molar-refractivity contribution in [3.8, 4) is 11.5 Å². The first-order valence-corrected chi connectivity index (χ1v) is 9.27. The first-order chi connectivity index (χ1) is 14.1. The van der Waals surface area contributed by atoms with Crippen LogP contribution in [0.25, 0.3) is 10.9 Å². The molecule has 1 fully saturated rings. The van der Waals surface area contributed by atoms with Crippen LogP contribution in [0.2, 0.25) is 0 Å². The van der Waals surface area contributed by atoms with Crippen molar-refractivity contribution in [3.05, 3.63) is 54.7 Å². The van der Waals surface area contributed by atoms with Gasteiger partial charge in [0.15, 0.2) is 0 Å². The second-order valence-corrected chi connectivity index (χ2v) is 6.84. The number of nitrogens with zero attached hydrogens (tertiary/aromatic N) is 2. The first-order valence-electron chi connectivity index (χ1n) is 9.27. The van der Waals surface area contributed by atoms with E-state index in [1.54, 1.807) is 43.5 Å². The molecule has 2 aromatic carbocycles. The number of amides is 2. The minimum Gasteiger partial charge on any atom is -0.497 e. The van der Waals surface area contributed by atoms with E-state index in [9.17, 15) is 9.59 Å². The first kappa shape index (κ1) is 18.7. The molecule has 148 valence electrons. The van der Waals surface area contributed by atoms with E-state index < -0.39 is 5.92 Å². The molecule has 1 saturated heterocycles. The summed E-state index contributed by atoms with van der Waals surface area (Å²) in [5, 5.41) is 3.80. The molecule has 1 N–H and O–H groups in total. The van der Waals surface area contributed by atoms with Gasteiger partial charge in [0.2, 0.25) is 11.8 Å². The molecule has 1 aromatic heterocycles. The van der Waals surface area contributed by atoms with Gasteiger partial charge in [-0.05, 0) is 36.4 Å². The van der Waals surface area contributed by atoms with Crippen molar-refractivity contribution in [2.24, 2.45) is 5.92 Å². The largest absolute Gasteiger partial charge is 0.497 e. The Morgan fingerprint density at radius 2 is 1.86 bits per heavy atom. The summed E-state index contributed by atoms with van der Waals surface area (Å²) < 4.78 is 10.5. The third-order valence-electron chi connectivity index (χ3n) is 5.05. The van der Waals surface area contributed by atoms with E-state index in [0.29, 0.717) is 29.2 Å². The van der Waals surface area contributed by atoms with Crippen LogP contribution in [-0.4, -0.2) is 37.6 Å². The third kappa shape index (κ3) is 3.71. The number of methoxy groups -OCH3 is 2. The second-order valence-electron chi connectivity index (χ2n) is 6.84. The number of hydrogen-bond acceptors (Lipinski definition) is 5. The van der Waals surface area contributed by atoms with Gasteiger partial charge in [-0.3, -0.25) is 14.6 Å². The van der Waals surface area contributed by atoms with Gasteiger partial charge < -0.3 is 19.7 Å². The van der Waals surface area contributed by atoms with Crippen LogP contribution in [0.4, 0.5) is 11.4 Å². The van der Waals surface area contributed by atoms with Crippen LogP contribution in [0.15, 0.2) is 54.7 Å². The maximum atomic E-state index is 12.9. The van der Waals surface area contributed by atoms with Gasteiger partial charge in [-0.25, -0.2) is 0 Å². The fourth-order valence-electron chi connectivity index (χ4n) is 3.51. The zero-order valence-corrected chi connectivity index (χ0v) is 16.2. The van der Waals surface area contributed by atoms with Gasteiger partial charge in [-0.15, -0.1) is 0 Å². The van der Waals surface area contributed by atoms with Crippen molar-refractivity contribution in [1.82, 2.24) is 4.98 Å². The number of anilines is 2. The minimum atomic E-state index is -0.449. The smallest absolute Gasteiger partial charge is 0.229 e. The number of fused-ring (bicyclic) bond motifs is 1. The minimum absolute atomic E-state index is 0.0797. The van der Waals surface area contributed by atoms with Gasteiger partial charge in [0.25, 0.3) is 0 Å². The topological polar surface area (TPSA) is 80.8 Å². The van der Waals surface area contributed by atoms with Gasteiger partial charge in [0.1, 0.15) is 11.5 Å². The molecule has 1 atom stereocenters. The number of benzene rings is 2. The lowest BCUT2D eigenvalue weighted by atomic mass is 10.1. The quantitative estimate of drug-likeness (QED) is 0.722. The maximum absolute atomic E-state index is 12.9. The van der Waals surface area contributed by atoms with Crippen LogP contribution in [0.3, 0.4) is 0 Å². The Labute approximate surface area is 168 Å². The van der Waals surface area contributed by atoms with Crippen LogP contribution >= 0.6 is 0 Å². The predicted molar refractivity (Wildman–Crippen MR) is 110 cm³/mol. The van der Waals surface area contributed by atoms with Crippen molar-refractivity contribution in [2.75, 3.05) is 31.0 Å². The van der Waals surface area contributed by atoms with E-state index in [0.717, 1.165) is 11.1 Å². The molecule has 2 amide bonds. The van der Waals surface area contributed by atoms with Gasteiger partial charge in [-0.1, -0.05) is 6.07 Å². The van der Waals surface area contributed by atoms with Crippen LogP contribution in [0.5, 0.6) is 11.5 Å². The summed E-state index contributed by atoms with van der Waals surface area (Å²) in [6.45, 7) is 0.326. The summed E-state index contributed by atoms with van der Waals surface area (Å²) in [5.74, 6) is 0.600. The van der Waals surface area contributed by atoms with Gasteiger partial charge in [-0.2, -0.15) is 0 Å². The highest BCUT2D eigenvalue weighted by atomic mass is 16.5. The van der Waals surface area contributed by atoms with Crippen molar-refractivity contribution in [2.45, 2.75) is 6.42 Å². The van der Waals surface area contributed by atoms with Crippen molar-refractivity contribution in [1.29, 1.82) is 0 Å². The second kappa shape index (κ2) is 7.79. The van der Waals surface area contributed by atoms with Crippen molar-refractivity contribution < 1.29 is 19.1 Å². The van der Waals surface area contributed by atoms with E-state index in [-0.39, 0.29) is 18.2 Å². The molecular formula is C22H21N3O4. The molecule has 7 nitrogen and oxygen atoms in total. The Hall–Kier alpha value is -3.61. The summed E-state index contributed by atoms with van der Waals surface area (Å²) in [6, 6.07) is 14.6. The normalized spacial score (nSPS) is 16.1. The van der Waals surface area contributed by atoms with Gasteiger partial charge in [0, 0.05) is 36.3 Å². The Morgan fingerprint density at radius 1 is 1.10 bits per heavy atom. The lowest BCUT2D eigenvalue weighted by Gasteiger charge is -2.17. The number of aromatic nitrogens is 1. The molecule has 0 radical (unpaired) electrons.